The van der Waals surface area contributed by atoms with Crippen molar-refractivity contribution < 1.29 is 41.8 Å². The highest BCUT2D eigenvalue weighted by Crippen LogP contribution is 2.43. The fourth-order valence-corrected chi connectivity index (χ4v) is 4.79. The van der Waals surface area contributed by atoms with Gasteiger partial charge in [-0.25, -0.2) is 4.39 Å². The van der Waals surface area contributed by atoms with Crippen LogP contribution in [0.5, 0.6) is 0 Å². The van der Waals surface area contributed by atoms with Crippen LogP contribution in [0, 0.1) is 11.7 Å². The van der Waals surface area contributed by atoms with E-state index in [4.69, 9.17) is 21.4 Å². The first kappa shape index (κ1) is 29.1. The number of halogens is 5. The number of allylic oxidation sites excluding steroid dienone is 3. The molecule has 2 aliphatic rings. The molecule has 4 rings (SSSR count). The molecule has 1 aliphatic heterocycles. The smallest absolute Gasteiger partial charge is 0.418 e. The van der Waals surface area contributed by atoms with Gasteiger partial charge in [0.15, 0.2) is 0 Å². The Kier molecular flexibility index (Phi) is 8.20. The first-order valence-electron chi connectivity index (χ1n) is 12.3. The van der Waals surface area contributed by atoms with E-state index < -0.39 is 58.3 Å². The molecule has 1 heterocycles. The van der Waals surface area contributed by atoms with Crippen LogP contribution in [0.15, 0.2) is 72.0 Å². The molecule has 2 unspecified atom stereocenters. The number of carboxylic acids is 1. The first-order valence-corrected chi connectivity index (χ1v) is 12.7. The van der Waals surface area contributed by atoms with E-state index in [1.54, 1.807) is 49.4 Å². The molecule has 6 nitrogen and oxygen atoms in total. The number of ether oxygens (including phenoxy) is 1. The van der Waals surface area contributed by atoms with Gasteiger partial charge >= 0.3 is 18.1 Å². The molecule has 0 bridgehead atoms. The number of fused-ring (bicyclic) bond motifs is 1. The first-order chi connectivity index (χ1) is 18.7. The van der Waals surface area contributed by atoms with Gasteiger partial charge < -0.3 is 15.2 Å². The summed E-state index contributed by atoms with van der Waals surface area (Å²) in [6.45, 7) is 1.69. The number of aryl methyl sites for hydroxylation is 1. The molecular formula is C29H24ClF4NO5. The average Bonchev–Trinajstić information content (AvgIpc) is 2.84. The maximum Gasteiger partial charge on any atom is 0.418 e. The van der Waals surface area contributed by atoms with Crippen molar-refractivity contribution in [2.24, 2.45) is 5.92 Å². The Morgan fingerprint density at radius 2 is 1.93 bits per heavy atom. The zero-order chi connectivity index (χ0) is 29.2. The molecule has 1 amide bonds. The van der Waals surface area contributed by atoms with Crippen LogP contribution >= 0.6 is 11.6 Å². The fraction of sp³-hybridized carbons (Fsp3) is 0.276. The molecule has 0 saturated heterocycles. The largest absolute Gasteiger partial charge is 0.481 e. The van der Waals surface area contributed by atoms with Crippen LogP contribution in [-0.2, 0) is 31.7 Å². The molecule has 2 N–H and O–H groups in total. The number of carboxylic acid groups (broad SMARTS) is 1. The Morgan fingerprint density at radius 3 is 2.62 bits per heavy atom. The van der Waals surface area contributed by atoms with E-state index in [9.17, 15) is 31.9 Å². The van der Waals surface area contributed by atoms with Crippen molar-refractivity contribution in [3.8, 4) is 0 Å². The summed E-state index contributed by atoms with van der Waals surface area (Å²) in [5, 5.41) is 11.1. The average molecular weight is 578 g/mol. The number of anilines is 1. The minimum absolute atomic E-state index is 0.0273. The van der Waals surface area contributed by atoms with Crippen molar-refractivity contribution in [2.45, 2.75) is 43.7 Å². The number of carbonyl (C=O) groups excluding carboxylic acids is 2. The maximum absolute atomic E-state index is 13.5. The summed E-state index contributed by atoms with van der Waals surface area (Å²) in [4.78, 5) is 36.2. The second kappa shape index (κ2) is 11.3. The lowest BCUT2D eigenvalue weighted by Gasteiger charge is -2.32. The Morgan fingerprint density at radius 1 is 1.18 bits per heavy atom. The van der Waals surface area contributed by atoms with Gasteiger partial charge in [0, 0.05) is 18.4 Å². The van der Waals surface area contributed by atoms with Crippen molar-refractivity contribution in [1.82, 2.24) is 0 Å². The van der Waals surface area contributed by atoms with Crippen LogP contribution in [0.2, 0.25) is 0 Å². The molecule has 11 heteroatoms. The minimum Gasteiger partial charge on any atom is -0.481 e. The van der Waals surface area contributed by atoms with Gasteiger partial charge in [-0.3, -0.25) is 14.4 Å². The predicted octanol–water partition coefficient (Wildman–Crippen LogP) is 6.66. The molecule has 0 radical (unpaired) electrons. The third-order valence-corrected chi connectivity index (χ3v) is 6.67. The second-order valence-corrected chi connectivity index (χ2v) is 10.5. The maximum atomic E-state index is 13.5. The number of alkyl halides is 4. The van der Waals surface area contributed by atoms with E-state index >= 15 is 0 Å². The van der Waals surface area contributed by atoms with Crippen molar-refractivity contribution in [3.63, 3.8) is 0 Å². The lowest BCUT2D eigenvalue weighted by atomic mass is 9.81. The molecule has 0 aromatic heterocycles. The van der Waals surface area contributed by atoms with E-state index in [1.165, 1.54) is 0 Å². The van der Waals surface area contributed by atoms with Crippen LogP contribution in [0.25, 0.3) is 5.57 Å². The van der Waals surface area contributed by atoms with Gasteiger partial charge in [0.25, 0.3) is 0 Å². The third-order valence-electron chi connectivity index (χ3n) is 6.43. The van der Waals surface area contributed by atoms with E-state index in [0.717, 1.165) is 17.7 Å². The van der Waals surface area contributed by atoms with E-state index in [-0.39, 0.29) is 18.2 Å². The number of hydrogen-bond donors (Lipinski definition) is 2. The highest BCUT2D eigenvalue weighted by molar-refractivity contribution is 6.26. The molecule has 0 spiro atoms. The number of rotatable bonds is 8. The van der Waals surface area contributed by atoms with Crippen LogP contribution in [-0.4, -0.2) is 27.8 Å². The summed E-state index contributed by atoms with van der Waals surface area (Å²) in [5.74, 6) is -4.76. The lowest BCUT2D eigenvalue weighted by Crippen LogP contribution is -2.31. The Labute approximate surface area is 232 Å². The monoisotopic (exact) mass is 577 g/mol. The van der Waals surface area contributed by atoms with Crippen molar-refractivity contribution in [3.05, 3.63) is 94.5 Å². The zero-order valence-electron chi connectivity index (χ0n) is 21.1. The van der Waals surface area contributed by atoms with E-state index in [2.05, 4.69) is 5.32 Å². The zero-order valence-corrected chi connectivity index (χ0v) is 21.9. The van der Waals surface area contributed by atoms with Gasteiger partial charge in [0.2, 0.25) is 5.91 Å². The number of hydrogen-bond acceptors (Lipinski definition) is 4. The van der Waals surface area contributed by atoms with Gasteiger partial charge in [-0.15, -0.1) is 11.6 Å². The molecule has 40 heavy (non-hydrogen) atoms. The molecule has 1 aliphatic carbocycles. The van der Waals surface area contributed by atoms with Gasteiger partial charge in [-0.2, -0.15) is 13.2 Å². The standard InChI is InChI=1S/C29H24ClF4NO5/c1-28(30)11-10-19-23(15-28)40-27(39)20(26(19)17-6-2-4-16(12-17)5-3-7-25(37)38)14-24(36)35-22-9-8-18(31)13-21(22)29(32,33)34/h2,4,6,8-13,15,20H,3,5,7,14H2,1H3,(H,35,36)(H,37,38). The van der Waals surface area contributed by atoms with Crippen molar-refractivity contribution in [2.75, 3.05) is 5.32 Å². The molecule has 210 valence electrons. The van der Waals surface area contributed by atoms with Gasteiger partial charge in [-0.1, -0.05) is 36.4 Å². The summed E-state index contributed by atoms with van der Waals surface area (Å²) in [5.41, 5.74) is 0.244. The molecule has 2 aromatic carbocycles. The number of esters is 1. The molecule has 2 aromatic rings. The van der Waals surface area contributed by atoms with Crippen LogP contribution in [0.3, 0.4) is 0 Å². The Hall–Kier alpha value is -3.92. The molecule has 0 fully saturated rings. The van der Waals surface area contributed by atoms with E-state index in [1.807, 2.05) is 0 Å². The summed E-state index contributed by atoms with van der Waals surface area (Å²) in [7, 11) is 0. The van der Waals surface area contributed by atoms with Crippen LogP contribution in [0.4, 0.5) is 23.2 Å². The van der Waals surface area contributed by atoms with Crippen LogP contribution in [0.1, 0.15) is 42.9 Å². The third kappa shape index (κ3) is 6.80. The summed E-state index contributed by atoms with van der Waals surface area (Å²) in [6, 6.07) is 8.89. The fourth-order valence-electron chi connectivity index (χ4n) is 4.63. The Balaban J connectivity index is 1.70. The number of nitrogens with one attached hydrogen (secondary N) is 1. The quantitative estimate of drug-likeness (QED) is 0.208. The van der Waals surface area contributed by atoms with Gasteiger partial charge in [0.1, 0.15) is 11.6 Å². The second-order valence-electron chi connectivity index (χ2n) is 9.68. The van der Waals surface area contributed by atoms with Gasteiger partial charge in [0.05, 0.1) is 22.0 Å². The number of amides is 1. The lowest BCUT2D eigenvalue weighted by molar-refractivity contribution is -0.144. The number of benzene rings is 2. The van der Waals surface area contributed by atoms with E-state index in [0.29, 0.717) is 29.6 Å². The Bertz CT molecular complexity index is 1460. The molecular weight excluding hydrogens is 554 g/mol. The SMILES string of the molecule is CC1(Cl)C=CC2=C(c3cccc(CCCC(=O)O)c3)C(CC(=O)Nc3ccc(F)cc3C(F)(F)F)C(=O)OC2=C1. The highest BCUT2D eigenvalue weighted by Gasteiger charge is 2.39. The van der Waals surface area contributed by atoms with Crippen molar-refractivity contribution in [1.29, 1.82) is 0 Å². The highest BCUT2D eigenvalue weighted by atomic mass is 35.5. The normalized spacial score (nSPS) is 20.5. The summed E-state index contributed by atoms with van der Waals surface area (Å²) >= 11 is 6.41. The molecule has 0 saturated carbocycles. The number of aliphatic carboxylic acids is 1. The molecule has 2 atom stereocenters. The van der Waals surface area contributed by atoms with Crippen LogP contribution < -0.4 is 5.32 Å². The van der Waals surface area contributed by atoms with Crippen molar-refractivity contribution >= 4 is 40.7 Å². The topological polar surface area (TPSA) is 92.7 Å². The van der Waals surface area contributed by atoms with Gasteiger partial charge in [-0.05, 0) is 60.7 Å². The summed E-state index contributed by atoms with van der Waals surface area (Å²) < 4.78 is 59.4. The summed E-state index contributed by atoms with van der Waals surface area (Å²) in [6.07, 6.45) is 0.193. The number of carbonyl (C=O) groups is 3. The predicted molar refractivity (Wildman–Crippen MR) is 140 cm³/mol. The minimum atomic E-state index is -4.93.